The van der Waals surface area contributed by atoms with E-state index in [1.54, 1.807) is 82.6 Å². The van der Waals surface area contributed by atoms with Gasteiger partial charge in [0.1, 0.15) is 23.3 Å². The summed E-state index contributed by atoms with van der Waals surface area (Å²) in [5.74, 6) is 1.70. The molecule has 0 aliphatic carbocycles. The first kappa shape index (κ1) is 22.4. The predicted molar refractivity (Wildman–Crippen MR) is 138 cm³/mol. The van der Waals surface area contributed by atoms with E-state index < -0.39 is 0 Å². The summed E-state index contributed by atoms with van der Waals surface area (Å²) in [4.78, 5) is 62.9. The van der Waals surface area contributed by atoms with Crippen LogP contribution >= 0.6 is 0 Å². The number of nitrogens with zero attached hydrogens (tertiary/aromatic N) is 2. The van der Waals surface area contributed by atoms with Gasteiger partial charge in [-0.25, -0.2) is 0 Å². The molecule has 0 saturated heterocycles. The summed E-state index contributed by atoms with van der Waals surface area (Å²) in [7, 11) is 0. The second kappa shape index (κ2) is 9.47. The van der Waals surface area contributed by atoms with Gasteiger partial charge in [0.05, 0.1) is 11.4 Å². The summed E-state index contributed by atoms with van der Waals surface area (Å²) in [5.41, 5.74) is -0.0420. The van der Waals surface area contributed by atoms with E-state index >= 15 is 0 Å². The molecule has 0 aliphatic rings. The Bertz CT molecular complexity index is 1530. The summed E-state index contributed by atoms with van der Waals surface area (Å²) >= 11 is 0. The summed E-state index contributed by atoms with van der Waals surface area (Å²) in [6, 6.07) is 26.1. The van der Waals surface area contributed by atoms with Crippen molar-refractivity contribution in [3.63, 3.8) is 0 Å². The van der Waals surface area contributed by atoms with E-state index in [9.17, 15) is 19.2 Å². The van der Waals surface area contributed by atoms with Gasteiger partial charge in [0.25, 0.3) is 0 Å². The maximum absolute atomic E-state index is 12.1. The van der Waals surface area contributed by atoms with Crippen LogP contribution in [0.15, 0.2) is 116 Å². The number of rotatable bonds is 6. The monoisotopic (exact) mass is 480 g/mol. The summed E-state index contributed by atoms with van der Waals surface area (Å²) < 4.78 is 0. The molecule has 0 saturated carbocycles. The molecule has 0 fully saturated rings. The molecule has 0 unspecified atom stereocenters. The third-order valence-electron chi connectivity index (χ3n) is 5.32. The number of aromatic nitrogens is 4. The molecule has 0 aliphatic heterocycles. The summed E-state index contributed by atoms with van der Waals surface area (Å²) in [6.07, 6.45) is 0. The van der Waals surface area contributed by atoms with Crippen LogP contribution in [0.5, 0.6) is 0 Å². The van der Waals surface area contributed by atoms with Gasteiger partial charge in [-0.3, -0.25) is 29.0 Å². The van der Waals surface area contributed by atoms with Crippen LogP contribution in [0.25, 0.3) is 0 Å². The van der Waals surface area contributed by atoms with Crippen molar-refractivity contribution in [2.24, 2.45) is 0 Å². The van der Waals surface area contributed by atoms with Gasteiger partial charge >= 0.3 is 0 Å². The van der Waals surface area contributed by atoms with Crippen molar-refractivity contribution >= 4 is 34.6 Å². The maximum Gasteiger partial charge on any atom is 0.249 e. The van der Waals surface area contributed by atoms with E-state index in [2.05, 4.69) is 19.9 Å². The Balaban J connectivity index is 1.72. The van der Waals surface area contributed by atoms with Gasteiger partial charge in [-0.15, -0.1) is 0 Å². The Kier molecular flexibility index (Phi) is 5.90. The van der Waals surface area contributed by atoms with E-state index in [-0.39, 0.29) is 22.2 Å². The molecule has 10 nitrogen and oxygen atoms in total. The van der Waals surface area contributed by atoms with E-state index in [4.69, 9.17) is 0 Å². The third-order valence-corrected chi connectivity index (χ3v) is 5.32. The van der Waals surface area contributed by atoms with Gasteiger partial charge in [-0.05, 0) is 42.5 Å². The second-order valence-electron chi connectivity index (χ2n) is 7.79. The smallest absolute Gasteiger partial charge is 0.249 e. The number of H-pyrrole nitrogens is 4. The van der Waals surface area contributed by atoms with Crippen LogP contribution in [0, 0.1) is 0 Å². The van der Waals surface area contributed by atoms with Gasteiger partial charge in [0.15, 0.2) is 0 Å². The first-order chi connectivity index (χ1) is 17.5. The normalized spacial score (nSPS) is 10.7. The number of benzene rings is 1. The Hall–Kier alpha value is -5.38. The van der Waals surface area contributed by atoms with Crippen LogP contribution in [0.3, 0.4) is 0 Å². The largest absolute Gasteiger partial charge is 0.308 e. The first-order valence-corrected chi connectivity index (χ1v) is 11.0. The number of hydrogen-bond donors (Lipinski definition) is 4. The second-order valence-corrected chi connectivity index (χ2v) is 7.79. The van der Waals surface area contributed by atoms with Gasteiger partial charge in [-0.2, -0.15) is 0 Å². The van der Waals surface area contributed by atoms with Gasteiger partial charge < -0.3 is 19.9 Å². The van der Waals surface area contributed by atoms with Crippen molar-refractivity contribution in [2.45, 2.75) is 0 Å². The molecule has 178 valence electrons. The highest BCUT2D eigenvalue weighted by atomic mass is 16.1. The van der Waals surface area contributed by atoms with Crippen LogP contribution in [0.1, 0.15) is 0 Å². The topological polar surface area (TPSA) is 138 Å². The molecule has 1 aromatic carbocycles. The molecular weight excluding hydrogens is 460 g/mol. The van der Waals surface area contributed by atoms with Crippen LogP contribution in [0.4, 0.5) is 34.6 Å². The Labute approximate surface area is 203 Å². The molecule has 0 amide bonds. The predicted octanol–water partition coefficient (Wildman–Crippen LogP) is 3.38. The van der Waals surface area contributed by atoms with Crippen molar-refractivity contribution in [1.82, 2.24) is 19.9 Å². The molecule has 5 aromatic rings. The Morgan fingerprint density at radius 1 is 0.389 bits per heavy atom. The van der Waals surface area contributed by atoms with Gasteiger partial charge in [0.2, 0.25) is 22.2 Å². The molecular formula is C26H20N6O4. The van der Waals surface area contributed by atoms with Crippen molar-refractivity contribution in [1.29, 1.82) is 0 Å². The SMILES string of the molecule is O=c1cccc(N(c2cccc(N(c3cccc(=O)[nH]3)c3cccc(=O)[nH]3)c2)c2cccc(=O)[nH]2)[nH]1. The van der Waals surface area contributed by atoms with Crippen molar-refractivity contribution in [2.75, 3.05) is 9.80 Å². The number of nitrogens with one attached hydrogen (secondary N) is 4. The molecule has 10 heteroatoms. The molecule has 36 heavy (non-hydrogen) atoms. The van der Waals surface area contributed by atoms with E-state index in [0.717, 1.165) is 0 Å². The van der Waals surface area contributed by atoms with Crippen molar-refractivity contribution in [3.05, 3.63) is 138 Å². The van der Waals surface area contributed by atoms with E-state index in [0.29, 0.717) is 34.6 Å². The zero-order valence-corrected chi connectivity index (χ0v) is 18.8. The van der Waals surface area contributed by atoms with E-state index in [1.165, 1.54) is 24.3 Å². The molecule has 0 bridgehead atoms. The molecule has 0 spiro atoms. The first-order valence-electron chi connectivity index (χ1n) is 11.0. The van der Waals surface area contributed by atoms with Gasteiger partial charge in [-0.1, -0.05) is 30.3 Å². The van der Waals surface area contributed by atoms with Crippen molar-refractivity contribution < 1.29 is 0 Å². The molecule has 0 radical (unpaired) electrons. The minimum Gasteiger partial charge on any atom is -0.308 e. The Morgan fingerprint density at radius 2 is 0.667 bits per heavy atom. The Morgan fingerprint density at radius 3 is 0.944 bits per heavy atom. The standard InChI is InChI=1S/C26H20N6O4/c33-23-12-2-8-19(27-23)31(20-9-3-13-24(34)28-20)17-6-1-7-18(16-17)32(21-10-4-14-25(35)29-21)22-11-5-15-26(36)30-22/h1-16H,(H,27,33)(H,28,34)(H,29,35)(H,30,36). The number of pyridine rings is 4. The average Bonchev–Trinajstić information content (AvgIpc) is 2.85. The quantitative estimate of drug-likeness (QED) is 0.294. The summed E-state index contributed by atoms with van der Waals surface area (Å²) in [5, 5.41) is 0. The molecule has 0 atom stereocenters. The fraction of sp³-hybridized carbons (Fsp3) is 0. The minimum absolute atomic E-state index is 0.308. The van der Waals surface area contributed by atoms with Gasteiger partial charge in [0, 0.05) is 24.3 Å². The number of anilines is 6. The summed E-state index contributed by atoms with van der Waals surface area (Å²) in [6.45, 7) is 0. The number of hydrogen-bond acceptors (Lipinski definition) is 6. The fourth-order valence-corrected chi connectivity index (χ4v) is 3.85. The lowest BCUT2D eigenvalue weighted by Gasteiger charge is -2.27. The van der Waals surface area contributed by atoms with E-state index in [1.807, 2.05) is 0 Å². The number of aromatic amines is 4. The highest BCUT2D eigenvalue weighted by Crippen LogP contribution is 2.36. The highest BCUT2D eigenvalue weighted by Gasteiger charge is 2.18. The molecule has 4 heterocycles. The molecule has 4 aromatic heterocycles. The van der Waals surface area contributed by atoms with Crippen LogP contribution in [-0.2, 0) is 0 Å². The fourth-order valence-electron chi connectivity index (χ4n) is 3.85. The van der Waals surface area contributed by atoms with Crippen LogP contribution in [-0.4, -0.2) is 19.9 Å². The average molecular weight is 480 g/mol. The maximum atomic E-state index is 12.1. The van der Waals surface area contributed by atoms with Crippen molar-refractivity contribution in [3.8, 4) is 0 Å². The van der Waals surface area contributed by atoms with Crippen LogP contribution < -0.4 is 32.0 Å². The highest BCUT2D eigenvalue weighted by molar-refractivity contribution is 5.79. The lowest BCUT2D eigenvalue weighted by molar-refractivity contribution is 1.07. The molecule has 4 N–H and O–H groups in total. The third kappa shape index (κ3) is 4.64. The minimum atomic E-state index is -0.308. The molecule has 5 rings (SSSR count). The van der Waals surface area contributed by atoms with Crippen LogP contribution in [0.2, 0.25) is 0 Å². The lowest BCUT2D eigenvalue weighted by Crippen LogP contribution is -2.21. The lowest BCUT2D eigenvalue weighted by atomic mass is 10.2. The zero-order chi connectivity index (χ0) is 25.1. The zero-order valence-electron chi connectivity index (χ0n) is 18.8.